The standard InChI is InChI=1S/C19H22ClN3O3/c1-23(12-18(24)21-11-14-6-8-15(20)9-7-14)13-19(25)22-16-4-3-5-17(10-16)26-2/h3-10H,11-13H2,1-2H3,(H,21,24)(H,22,25)/p+1. The zero-order valence-corrected chi connectivity index (χ0v) is 15.6. The maximum absolute atomic E-state index is 12.1. The summed E-state index contributed by atoms with van der Waals surface area (Å²) >= 11 is 5.83. The number of benzene rings is 2. The van der Waals surface area contributed by atoms with Crippen LogP contribution in [0, 0.1) is 0 Å². The maximum atomic E-state index is 12.1. The Morgan fingerprint density at radius 3 is 2.46 bits per heavy atom. The van der Waals surface area contributed by atoms with Gasteiger partial charge in [0, 0.05) is 23.3 Å². The molecule has 138 valence electrons. The van der Waals surface area contributed by atoms with E-state index in [1.54, 1.807) is 50.6 Å². The van der Waals surface area contributed by atoms with Gasteiger partial charge in [0.15, 0.2) is 13.1 Å². The molecule has 0 fully saturated rings. The van der Waals surface area contributed by atoms with Crippen molar-refractivity contribution in [2.24, 2.45) is 0 Å². The van der Waals surface area contributed by atoms with Gasteiger partial charge in [-0.1, -0.05) is 29.8 Å². The molecule has 0 spiro atoms. The number of halogens is 1. The fraction of sp³-hybridized carbons (Fsp3) is 0.263. The lowest BCUT2D eigenvalue weighted by atomic mass is 10.2. The normalized spacial score (nSPS) is 11.5. The summed E-state index contributed by atoms with van der Waals surface area (Å²) < 4.78 is 5.12. The van der Waals surface area contributed by atoms with Crippen LogP contribution in [0.25, 0.3) is 0 Å². The number of anilines is 1. The molecule has 26 heavy (non-hydrogen) atoms. The first kappa shape index (κ1) is 19.8. The molecule has 0 aliphatic heterocycles. The van der Waals surface area contributed by atoms with Crippen LogP contribution in [0.2, 0.25) is 5.02 Å². The van der Waals surface area contributed by atoms with Crippen molar-refractivity contribution < 1.29 is 19.2 Å². The zero-order valence-electron chi connectivity index (χ0n) is 14.8. The molecule has 0 aromatic heterocycles. The Hall–Kier alpha value is -2.57. The first-order chi connectivity index (χ1) is 12.5. The van der Waals surface area contributed by atoms with Crippen molar-refractivity contribution in [3.8, 4) is 5.75 Å². The highest BCUT2D eigenvalue weighted by Gasteiger charge is 2.14. The lowest BCUT2D eigenvalue weighted by Gasteiger charge is -2.14. The van der Waals surface area contributed by atoms with Crippen LogP contribution in [0.1, 0.15) is 5.56 Å². The summed E-state index contributed by atoms with van der Waals surface area (Å²) in [5.41, 5.74) is 1.63. The molecule has 1 unspecified atom stereocenters. The van der Waals surface area contributed by atoms with Gasteiger partial charge in [-0.2, -0.15) is 0 Å². The van der Waals surface area contributed by atoms with Gasteiger partial charge in [-0.05, 0) is 29.8 Å². The molecule has 1 atom stereocenters. The molecule has 7 heteroatoms. The number of carbonyl (C=O) groups excluding carboxylic acids is 2. The number of rotatable bonds is 8. The largest absolute Gasteiger partial charge is 0.497 e. The van der Waals surface area contributed by atoms with Gasteiger partial charge in [0.05, 0.1) is 14.2 Å². The van der Waals surface area contributed by atoms with Crippen molar-refractivity contribution in [2.75, 3.05) is 32.6 Å². The molecule has 0 heterocycles. The molecule has 3 N–H and O–H groups in total. The predicted octanol–water partition coefficient (Wildman–Crippen LogP) is 1.12. The Morgan fingerprint density at radius 1 is 1.08 bits per heavy atom. The molecule has 2 aromatic rings. The Balaban J connectivity index is 1.74. The third-order valence-electron chi connectivity index (χ3n) is 3.68. The monoisotopic (exact) mass is 376 g/mol. The van der Waals surface area contributed by atoms with Crippen molar-refractivity contribution in [1.82, 2.24) is 5.32 Å². The van der Waals surface area contributed by atoms with Crippen LogP contribution in [0.5, 0.6) is 5.75 Å². The van der Waals surface area contributed by atoms with Crippen LogP contribution >= 0.6 is 11.6 Å². The van der Waals surface area contributed by atoms with Gasteiger partial charge in [0.25, 0.3) is 11.8 Å². The fourth-order valence-corrected chi connectivity index (χ4v) is 2.51. The van der Waals surface area contributed by atoms with Gasteiger partial charge in [-0.25, -0.2) is 0 Å². The number of methoxy groups -OCH3 is 1. The van der Waals surface area contributed by atoms with Crippen LogP contribution < -0.4 is 20.3 Å². The van der Waals surface area contributed by atoms with E-state index in [9.17, 15) is 9.59 Å². The highest BCUT2D eigenvalue weighted by atomic mass is 35.5. The second kappa shape index (κ2) is 9.79. The third kappa shape index (κ3) is 6.74. The highest BCUT2D eigenvalue weighted by Crippen LogP contribution is 2.16. The van der Waals surface area contributed by atoms with E-state index in [4.69, 9.17) is 16.3 Å². The number of nitrogens with one attached hydrogen (secondary N) is 3. The smallest absolute Gasteiger partial charge is 0.279 e. The summed E-state index contributed by atoms with van der Waals surface area (Å²) in [6, 6.07) is 14.4. The average Bonchev–Trinajstić information content (AvgIpc) is 2.61. The maximum Gasteiger partial charge on any atom is 0.279 e. The van der Waals surface area contributed by atoms with Crippen molar-refractivity contribution >= 4 is 29.1 Å². The van der Waals surface area contributed by atoms with Crippen LogP contribution in [-0.2, 0) is 16.1 Å². The van der Waals surface area contributed by atoms with Crippen LogP contribution in [0.3, 0.4) is 0 Å². The molecule has 0 saturated carbocycles. The first-order valence-corrected chi connectivity index (χ1v) is 8.60. The van der Waals surface area contributed by atoms with Gasteiger partial charge < -0.3 is 20.3 Å². The summed E-state index contributed by atoms with van der Waals surface area (Å²) in [6.07, 6.45) is 0. The molecular weight excluding hydrogens is 354 g/mol. The lowest BCUT2D eigenvalue weighted by Crippen LogP contribution is -3.11. The Kier molecular flexibility index (Phi) is 7.44. The van der Waals surface area contributed by atoms with Crippen LogP contribution in [0.15, 0.2) is 48.5 Å². The van der Waals surface area contributed by atoms with Gasteiger partial charge >= 0.3 is 0 Å². The van der Waals surface area contributed by atoms with Gasteiger partial charge in [0.2, 0.25) is 0 Å². The van der Waals surface area contributed by atoms with Gasteiger partial charge in [-0.15, -0.1) is 0 Å². The topological polar surface area (TPSA) is 71.9 Å². The number of amides is 2. The van der Waals surface area contributed by atoms with Crippen LogP contribution in [-0.4, -0.2) is 39.1 Å². The fourth-order valence-electron chi connectivity index (χ4n) is 2.38. The molecule has 0 aliphatic rings. The second-order valence-corrected chi connectivity index (χ2v) is 6.43. The van der Waals surface area contributed by atoms with Gasteiger partial charge in [0.1, 0.15) is 5.75 Å². The summed E-state index contributed by atoms with van der Waals surface area (Å²) in [5, 5.41) is 6.29. The second-order valence-electron chi connectivity index (χ2n) is 5.99. The average molecular weight is 377 g/mol. The number of ether oxygens (including phenoxy) is 1. The number of likely N-dealkylation sites (N-methyl/N-ethyl adjacent to an activating group) is 1. The Bertz CT molecular complexity index is 750. The number of hydrogen-bond acceptors (Lipinski definition) is 3. The third-order valence-corrected chi connectivity index (χ3v) is 3.93. The summed E-state index contributed by atoms with van der Waals surface area (Å²) in [7, 11) is 3.37. The van der Waals surface area contributed by atoms with E-state index in [1.165, 1.54) is 0 Å². The van der Waals surface area contributed by atoms with E-state index in [0.29, 0.717) is 23.0 Å². The molecule has 0 aliphatic carbocycles. The van der Waals surface area contributed by atoms with Crippen molar-refractivity contribution in [2.45, 2.75) is 6.54 Å². The number of hydrogen-bond donors (Lipinski definition) is 3. The SMILES string of the molecule is COc1cccc(NC(=O)C[NH+](C)CC(=O)NCc2ccc(Cl)cc2)c1. The minimum Gasteiger partial charge on any atom is -0.497 e. The molecule has 0 bridgehead atoms. The summed E-state index contributed by atoms with van der Waals surface area (Å²) in [5.74, 6) is 0.387. The minimum atomic E-state index is -0.166. The van der Waals surface area contributed by atoms with Crippen molar-refractivity contribution in [1.29, 1.82) is 0 Å². The van der Waals surface area contributed by atoms with Crippen molar-refractivity contribution in [3.63, 3.8) is 0 Å². The summed E-state index contributed by atoms with van der Waals surface area (Å²) in [6.45, 7) is 0.823. The molecule has 0 radical (unpaired) electrons. The van der Waals surface area contributed by atoms with E-state index in [1.807, 2.05) is 12.1 Å². The molecule has 2 aromatic carbocycles. The molecular formula is C19H23ClN3O3+. The molecule has 0 saturated heterocycles. The number of carbonyl (C=O) groups is 2. The quantitative estimate of drug-likeness (QED) is 0.646. The zero-order chi connectivity index (χ0) is 18.9. The molecule has 2 amide bonds. The predicted molar refractivity (Wildman–Crippen MR) is 102 cm³/mol. The van der Waals surface area contributed by atoms with E-state index < -0.39 is 0 Å². The highest BCUT2D eigenvalue weighted by molar-refractivity contribution is 6.30. The first-order valence-electron chi connectivity index (χ1n) is 8.22. The van der Waals surface area contributed by atoms with E-state index in [0.717, 1.165) is 10.5 Å². The van der Waals surface area contributed by atoms with E-state index in [-0.39, 0.29) is 24.9 Å². The molecule has 6 nitrogen and oxygen atoms in total. The Morgan fingerprint density at radius 2 is 1.77 bits per heavy atom. The lowest BCUT2D eigenvalue weighted by molar-refractivity contribution is -0.862. The number of quaternary nitrogens is 1. The minimum absolute atomic E-state index is 0.119. The van der Waals surface area contributed by atoms with Crippen molar-refractivity contribution in [3.05, 3.63) is 59.1 Å². The van der Waals surface area contributed by atoms with E-state index in [2.05, 4.69) is 10.6 Å². The summed E-state index contributed by atoms with van der Waals surface area (Å²) in [4.78, 5) is 24.9. The van der Waals surface area contributed by atoms with Gasteiger partial charge in [-0.3, -0.25) is 9.59 Å². The van der Waals surface area contributed by atoms with Crippen LogP contribution in [0.4, 0.5) is 5.69 Å². The Labute approximate surface area is 158 Å². The molecule has 2 rings (SSSR count). The van der Waals surface area contributed by atoms with E-state index >= 15 is 0 Å².